The fraction of sp³-hybridized carbons (Fsp3) is 0.870. The molecule has 0 radical (unpaired) electrons. The normalized spacial score (nSPS) is 40.4. The van der Waals surface area contributed by atoms with Gasteiger partial charge in [0.15, 0.2) is 0 Å². The van der Waals surface area contributed by atoms with Crippen molar-refractivity contribution in [1.29, 1.82) is 0 Å². The zero-order chi connectivity index (χ0) is 39.6. The molecule has 2 N–H and O–H groups in total. The van der Waals surface area contributed by atoms with Gasteiger partial charge in [0, 0.05) is 32.0 Å². The molecule has 304 valence electrons. The van der Waals surface area contributed by atoms with Crippen molar-refractivity contribution in [3.8, 4) is 0 Å². The Labute approximate surface area is 326 Å². The third kappa shape index (κ3) is 6.57. The number of carboxylic acids is 1. The third-order valence-corrected chi connectivity index (χ3v) is 18.1. The number of esters is 1. The number of likely N-dealkylation sites (tertiary alicyclic amines) is 1. The molecule has 0 unspecified atom stereocenters. The fourth-order valence-electron chi connectivity index (χ4n) is 14.8. The van der Waals surface area contributed by atoms with E-state index in [-0.39, 0.29) is 45.5 Å². The van der Waals surface area contributed by atoms with Crippen LogP contribution < -0.4 is 5.32 Å². The Kier molecular flexibility index (Phi) is 11.1. The molecule has 6 rings (SSSR count). The smallest absolute Gasteiger partial charge is 0.309 e. The van der Waals surface area contributed by atoms with E-state index in [4.69, 9.17) is 4.74 Å². The second-order valence-electron chi connectivity index (χ2n) is 21.3. The number of amides is 2. The molecular formula is C46H74N2O6. The molecule has 5 saturated carbocycles. The van der Waals surface area contributed by atoms with Crippen molar-refractivity contribution >= 4 is 23.8 Å². The molecule has 1 aliphatic heterocycles. The first-order valence-corrected chi connectivity index (χ1v) is 21.8. The molecule has 0 spiro atoms. The number of rotatable bonds is 10. The molecule has 6 aliphatic rings. The van der Waals surface area contributed by atoms with Gasteiger partial charge in [0.2, 0.25) is 11.8 Å². The van der Waals surface area contributed by atoms with Gasteiger partial charge >= 0.3 is 11.9 Å². The van der Waals surface area contributed by atoms with E-state index in [1.165, 1.54) is 18.4 Å². The van der Waals surface area contributed by atoms with E-state index in [0.717, 1.165) is 90.1 Å². The second kappa shape index (κ2) is 14.5. The van der Waals surface area contributed by atoms with Crippen LogP contribution in [0.5, 0.6) is 0 Å². The maximum atomic E-state index is 15.0. The quantitative estimate of drug-likeness (QED) is 0.170. The number of nitrogens with zero attached hydrogens (tertiary/aromatic N) is 1. The molecule has 6 fully saturated rings. The molecule has 0 bridgehead atoms. The molecule has 8 nitrogen and oxygen atoms in total. The highest BCUT2D eigenvalue weighted by molar-refractivity contribution is 5.84. The van der Waals surface area contributed by atoms with Gasteiger partial charge in [0.1, 0.15) is 6.10 Å². The van der Waals surface area contributed by atoms with Gasteiger partial charge in [-0.1, -0.05) is 46.8 Å². The maximum absolute atomic E-state index is 15.0. The van der Waals surface area contributed by atoms with E-state index in [9.17, 15) is 19.5 Å². The maximum Gasteiger partial charge on any atom is 0.309 e. The number of fused-ring (bicyclic) bond motifs is 7. The van der Waals surface area contributed by atoms with Gasteiger partial charge in [-0.25, -0.2) is 0 Å². The van der Waals surface area contributed by atoms with Crippen LogP contribution in [0, 0.1) is 68.0 Å². The van der Waals surface area contributed by atoms with Crippen LogP contribution in [0.1, 0.15) is 158 Å². The lowest BCUT2D eigenvalue weighted by molar-refractivity contribution is -0.250. The van der Waals surface area contributed by atoms with E-state index in [1.807, 2.05) is 0 Å². The first-order valence-electron chi connectivity index (χ1n) is 21.8. The van der Waals surface area contributed by atoms with E-state index in [0.29, 0.717) is 47.8 Å². The number of allylic oxidation sites excluding steroid dienone is 1. The Hall–Kier alpha value is -2.38. The van der Waals surface area contributed by atoms with E-state index < -0.39 is 17.4 Å². The largest absolute Gasteiger partial charge is 0.481 e. The number of carboxylic acid groups (broad SMARTS) is 1. The van der Waals surface area contributed by atoms with Crippen LogP contribution in [-0.2, 0) is 23.9 Å². The van der Waals surface area contributed by atoms with Gasteiger partial charge in [0.05, 0.1) is 17.3 Å². The molecule has 0 aromatic heterocycles. The highest BCUT2D eigenvalue weighted by Gasteiger charge is 2.72. The molecule has 0 aromatic rings. The molecule has 1 saturated heterocycles. The average molecular weight is 751 g/mol. The fourth-order valence-corrected chi connectivity index (χ4v) is 14.8. The lowest BCUT2D eigenvalue weighted by atomic mass is 9.32. The van der Waals surface area contributed by atoms with Gasteiger partial charge in [-0.2, -0.15) is 0 Å². The number of nitrogens with one attached hydrogen (secondary N) is 1. The molecule has 54 heavy (non-hydrogen) atoms. The molecule has 0 aromatic carbocycles. The Bertz CT molecular complexity index is 1500. The number of piperidine rings is 1. The number of hydrogen-bond donors (Lipinski definition) is 2. The van der Waals surface area contributed by atoms with Crippen molar-refractivity contribution in [2.24, 2.45) is 68.0 Å². The summed E-state index contributed by atoms with van der Waals surface area (Å²) in [6.07, 6.45) is 14.9. The van der Waals surface area contributed by atoms with Gasteiger partial charge in [0.25, 0.3) is 0 Å². The molecule has 5 aliphatic carbocycles. The predicted octanol–water partition coefficient (Wildman–Crippen LogP) is 9.21. The minimum atomic E-state index is -1.15. The Morgan fingerprint density at radius 3 is 2.17 bits per heavy atom. The summed E-state index contributed by atoms with van der Waals surface area (Å²) in [5, 5.41) is 12.4. The number of carbonyl (C=O) groups is 4. The summed E-state index contributed by atoms with van der Waals surface area (Å²) in [5.41, 5.74) is 0.00775. The summed E-state index contributed by atoms with van der Waals surface area (Å²) in [7, 11) is 1.70. The van der Waals surface area contributed by atoms with Crippen LogP contribution in [0.15, 0.2) is 12.2 Å². The van der Waals surface area contributed by atoms with Crippen molar-refractivity contribution < 1.29 is 29.0 Å². The van der Waals surface area contributed by atoms with Gasteiger partial charge in [-0.05, 0) is 162 Å². The van der Waals surface area contributed by atoms with E-state index >= 15 is 4.79 Å². The summed E-state index contributed by atoms with van der Waals surface area (Å²) >= 11 is 0. The average Bonchev–Trinajstić information content (AvgIpc) is 3.51. The van der Waals surface area contributed by atoms with Gasteiger partial charge < -0.3 is 20.1 Å². The molecular weight excluding hydrogens is 677 g/mol. The summed E-state index contributed by atoms with van der Waals surface area (Å²) in [4.78, 5) is 53.9. The molecule has 1 heterocycles. The standard InChI is InChI=1S/C46H74N2O6/c1-29(2)31-16-23-46(39(51)48-26-19-30(20-27-48)12-11-13-36(49)47-10)25-24-44(8)32(38(31)46)14-15-34-43(7)21-18-35(54-37(50)28-41(3,4)40(52)53)42(5,6)33(43)17-22-45(34,44)9/h30-35,38H,1,11-28H2,2-10H3,(H,47,49)(H,52,53)/t31-,32+,33-,34+,35-,38+,43-,44+,45+,46-/m0/s1. The van der Waals surface area contributed by atoms with Crippen molar-refractivity contribution in [3.05, 3.63) is 12.2 Å². The number of ether oxygens (including phenoxy) is 1. The second-order valence-corrected chi connectivity index (χ2v) is 21.3. The zero-order valence-corrected chi connectivity index (χ0v) is 35.4. The van der Waals surface area contributed by atoms with Crippen LogP contribution >= 0.6 is 0 Å². The molecule has 10 atom stereocenters. The number of carbonyl (C=O) groups excluding carboxylic acids is 3. The van der Waals surface area contributed by atoms with Crippen LogP contribution in [0.3, 0.4) is 0 Å². The Balaban J connectivity index is 1.20. The van der Waals surface area contributed by atoms with Crippen LogP contribution in [0.2, 0.25) is 0 Å². The summed E-state index contributed by atoms with van der Waals surface area (Å²) in [6.45, 7) is 24.1. The third-order valence-electron chi connectivity index (χ3n) is 18.1. The highest BCUT2D eigenvalue weighted by atomic mass is 16.5. The van der Waals surface area contributed by atoms with Gasteiger partial charge in [-0.15, -0.1) is 0 Å². The Morgan fingerprint density at radius 2 is 1.54 bits per heavy atom. The minimum absolute atomic E-state index is 0.116. The van der Waals surface area contributed by atoms with Crippen LogP contribution in [0.25, 0.3) is 0 Å². The van der Waals surface area contributed by atoms with Gasteiger partial charge in [-0.3, -0.25) is 19.2 Å². The summed E-state index contributed by atoms with van der Waals surface area (Å²) < 4.78 is 6.19. The van der Waals surface area contributed by atoms with Crippen molar-refractivity contribution in [1.82, 2.24) is 10.2 Å². The van der Waals surface area contributed by atoms with Crippen molar-refractivity contribution in [2.75, 3.05) is 20.1 Å². The minimum Gasteiger partial charge on any atom is -0.481 e. The topological polar surface area (TPSA) is 113 Å². The van der Waals surface area contributed by atoms with Crippen LogP contribution in [0.4, 0.5) is 0 Å². The first-order chi connectivity index (χ1) is 25.2. The predicted molar refractivity (Wildman–Crippen MR) is 212 cm³/mol. The number of hydrogen-bond acceptors (Lipinski definition) is 5. The highest BCUT2D eigenvalue weighted by Crippen LogP contribution is 2.77. The monoisotopic (exact) mass is 751 g/mol. The lowest BCUT2D eigenvalue weighted by Crippen LogP contribution is -2.67. The molecule has 2 amide bonds. The zero-order valence-electron chi connectivity index (χ0n) is 35.4. The van der Waals surface area contributed by atoms with E-state index in [2.05, 4.69) is 58.3 Å². The Morgan fingerprint density at radius 1 is 0.852 bits per heavy atom. The summed E-state index contributed by atoms with van der Waals surface area (Å²) in [5.74, 6) is 1.96. The molecule has 8 heteroatoms. The number of aliphatic carboxylic acids is 1. The summed E-state index contributed by atoms with van der Waals surface area (Å²) in [6, 6.07) is 0. The SMILES string of the molecule is C=C(C)[C@@H]1CC[C@]2(C(=O)N3CCC(CCCC(=O)NC)CC3)CC[C@]3(C)[C@H](CC[C@@H]4[C@@]5(C)CC[C@H](OC(=O)CC(C)(C)C(=O)O)C(C)(C)[C@@H]5CC[C@]43C)[C@@H]12. The van der Waals surface area contributed by atoms with E-state index in [1.54, 1.807) is 20.9 Å². The van der Waals surface area contributed by atoms with Crippen molar-refractivity contribution in [3.63, 3.8) is 0 Å². The van der Waals surface area contributed by atoms with Crippen molar-refractivity contribution in [2.45, 2.75) is 164 Å². The first kappa shape index (κ1) is 41.3. The van der Waals surface area contributed by atoms with Crippen LogP contribution in [-0.4, -0.2) is 60.0 Å². The lowest BCUT2D eigenvalue weighted by Gasteiger charge is -2.73.